The van der Waals surface area contributed by atoms with E-state index in [9.17, 15) is 4.79 Å². The average molecular weight is 335 g/mol. The third-order valence-corrected chi connectivity index (χ3v) is 6.78. The van der Waals surface area contributed by atoms with Crippen LogP contribution in [-0.4, -0.2) is 67.3 Å². The summed E-state index contributed by atoms with van der Waals surface area (Å²) in [6, 6.07) is 1.27. The second kappa shape index (κ2) is 7.20. The Labute approximate surface area is 146 Å². The smallest absolute Gasteiger partial charge is 0.317 e. The minimum absolute atomic E-state index is 0.161. The zero-order valence-corrected chi connectivity index (χ0v) is 15.0. The lowest BCUT2D eigenvalue weighted by atomic mass is 9.87. The minimum atomic E-state index is 0.161. The summed E-state index contributed by atoms with van der Waals surface area (Å²) in [4.78, 5) is 17.4. The lowest BCUT2D eigenvalue weighted by molar-refractivity contribution is 0.108. The van der Waals surface area contributed by atoms with E-state index in [4.69, 9.17) is 4.74 Å². The van der Waals surface area contributed by atoms with Gasteiger partial charge in [-0.1, -0.05) is 19.3 Å². The van der Waals surface area contributed by atoms with Crippen molar-refractivity contribution in [3.05, 3.63) is 0 Å². The van der Waals surface area contributed by atoms with E-state index in [0.29, 0.717) is 6.04 Å². The lowest BCUT2D eigenvalue weighted by Gasteiger charge is -2.40. The SMILES string of the molecule is O=C(N[C@@H]1CCCN(C2CCCCC2)C1)N1CC[C@@]2(CCOC2)C1. The lowest BCUT2D eigenvalue weighted by Crippen LogP contribution is -2.53. The molecule has 5 nitrogen and oxygen atoms in total. The summed E-state index contributed by atoms with van der Waals surface area (Å²) in [5, 5.41) is 3.34. The van der Waals surface area contributed by atoms with Crippen molar-refractivity contribution in [2.75, 3.05) is 39.4 Å². The highest BCUT2D eigenvalue weighted by atomic mass is 16.5. The zero-order chi connectivity index (χ0) is 16.4. The number of nitrogens with zero attached hydrogens (tertiary/aromatic N) is 2. The van der Waals surface area contributed by atoms with E-state index in [1.165, 1.54) is 45.1 Å². The number of hydrogen-bond donors (Lipinski definition) is 1. The van der Waals surface area contributed by atoms with Gasteiger partial charge in [0.15, 0.2) is 0 Å². The molecule has 1 saturated carbocycles. The number of carbonyl (C=O) groups excluding carboxylic acids is 1. The van der Waals surface area contributed by atoms with Crippen molar-refractivity contribution in [1.82, 2.24) is 15.1 Å². The number of likely N-dealkylation sites (tertiary alicyclic amines) is 2. The van der Waals surface area contributed by atoms with Gasteiger partial charge in [-0.25, -0.2) is 4.79 Å². The molecule has 1 aliphatic carbocycles. The van der Waals surface area contributed by atoms with Crippen LogP contribution < -0.4 is 5.32 Å². The monoisotopic (exact) mass is 335 g/mol. The highest BCUT2D eigenvalue weighted by molar-refractivity contribution is 5.75. The molecule has 136 valence electrons. The number of ether oxygens (including phenoxy) is 1. The van der Waals surface area contributed by atoms with Crippen molar-refractivity contribution in [2.24, 2.45) is 5.41 Å². The molecule has 24 heavy (non-hydrogen) atoms. The van der Waals surface area contributed by atoms with Crippen LogP contribution in [0.4, 0.5) is 4.79 Å². The Kier molecular flexibility index (Phi) is 5.00. The average Bonchev–Trinajstić information content (AvgIpc) is 3.26. The normalized spacial score (nSPS) is 35.7. The number of nitrogens with one attached hydrogen (secondary N) is 1. The van der Waals surface area contributed by atoms with E-state index in [0.717, 1.165) is 58.2 Å². The Morgan fingerprint density at radius 2 is 1.92 bits per heavy atom. The van der Waals surface area contributed by atoms with Crippen LogP contribution in [0.2, 0.25) is 0 Å². The first-order valence-corrected chi connectivity index (χ1v) is 10.1. The van der Waals surface area contributed by atoms with Crippen LogP contribution in [0.3, 0.4) is 0 Å². The Balaban J connectivity index is 1.27. The third-order valence-electron chi connectivity index (χ3n) is 6.78. The summed E-state index contributed by atoms with van der Waals surface area (Å²) in [6.45, 7) is 5.77. The van der Waals surface area contributed by atoms with Crippen molar-refractivity contribution >= 4 is 6.03 Å². The van der Waals surface area contributed by atoms with Crippen LogP contribution in [0.15, 0.2) is 0 Å². The Morgan fingerprint density at radius 3 is 2.71 bits per heavy atom. The predicted molar refractivity (Wildman–Crippen MR) is 94.1 cm³/mol. The van der Waals surface area contributed by atoms with Gasteiger partial charge in [0.2, 0.25) is 0 Å². The number of carbonyl (C=O) groups is 1. The van der Waals surface area contributed by atoms with E-state index in [-0.39, 0.29) is 11.4 Å². The maximum absolute atomic E-state index is 12.7. The molecular formula is C19H33N3O2. The van der Waals surface area contributed by atoms with Crippen LogP contribution in [0.1, 0.15) is 57.8 Å². The molecule has 4 rings (SSSR count). The number of amides is 2. The van der Waals surface area contributed by atoms with Crippen LogP contribution in [0.5, 0.6) is 0 Å². The molecule has 2 amide bonds. The molecule has 3 saturated heterocycles. The van der Waals surface area contributed by atoms with E-state index in [1.807, 2.05) is 4.90 Å². The highest BCUT2D eigenvalue weighted by Crippen LogP contribution is 2.38. The fourth-order valence-electron chi connectivity index (χ4n) is 5.25. The van der Waals surface area contributed by atoms with Crippen LogP contribution in [0.25, 0.3) is 0 Å². The summed E-state index contributed by atoms with van der Waals surface area (Å²) in [7, 11) is 0. The molecule has 3 heterocycles. The molecule has 0 aromatic rings. The maximum atomic E-state index is 12.7. The van der Waals surface area contributed by atoms with Gasteiger partial charge in [0.25, 0.3) is 0 Å². The summed E-state index contributed by atoms with van der Waals surface area (Å²) >= 11 is 0. The van der Waals surface area contributed by atoms with Crippen LogP contribution >= 0.6 is 0 Å². The predicted octanol–water partition coefficient (Wildman–Crippen LogP) is 2.61. The van der Waals surface area contributed by atoms with E-state index in [2.05, 4.69) is 10.2 Å². The van der Waals surface area contributed by atoms with E-state index >= 15 is 0 Å². The summed E-state index contributed by atoms with van der Waals surface area (Å²) < 4.78 is 5.58. The number of rotatable bonds is 2. The highest BCUT2D eigenvalue weighted by Gasteiger charge is 2.43. The molecule has 0 aromatic heterocycles. The van der Waals surface area contributed by atoms with Crippen molar-refractivity contribution in [2.45, 2.75) is 69.9 Å². The summed E-state index contributed by atoms with van der Waals surface area (Å²) in [5.74, 6) is 0. The first-order chi connectivity index (χ1) is 11.7. The molecule has 3 aliphatic heterocycles. The third kappa shape index (κ3) is 3.57. The van der Waals surface area contributed by atoms with Gasteiger partial charge in [-0.05, 0) is 45.1 Å². The summed E-state index contributed by atoms with van der Waals surface area (Å²) in [5.41, 5.74) is 0.262. The molecular weight excluding hydrogens is 302 g/mol. The second-order valence-electron chi connectivity index (χ2n) is 8.55. The number of hydrogen-bond acceptors (Lipinski definition) is 3. The Morgan fingerprint density at radius 1 is 1.04 bits per heavy atom. The van der Waals surface area contributed by atoms with Gasteiger partial charge < -0.3 is 15.0 Å². The van der Waals surface area contributed by atoms with Crippen LogP contribution in [-0.2, 0) is 4.74 Å². The number of urea groups is 1. The first kappa shape index (κ1) is 16.6. The van der Waals surface area contributed by atoms with Gasteiger partial charge >= 0.3 is 6.03 Å². The van der Waals surface area contributed by atoms with E-state index < -0.39 is 0 Å². The molecule has 0 aromatic carbocycles. The molecule has 4 fully saturated rings. The largest absolute Gasteiger partial charge is 0.381 e. The second-order valence-corrected chi connectivity index (χ2v) is 8.55. The van der Waals surface area contributed by atoms with Crippen molar-refractivity contribution < 1.29 is 9.53 Å². The molecule has 5 heteroatoms. The zero-order valence-electron chi connectivity index (χ0n) is 15.0. The van der Waals surface area contributed by atoms with Gasteiger partial charge in [0.05, 0.1) is 6.61 Å². The first-order valence-electron chi connectivity index (χ1n) is 10.1. The van der Waals surface area contributed by atoms with Crippen molar-refractivity contribution in [3.8, 4) is 0 Å². The Bertz CT molecular complexity index is 444. The fourth-order valence-corrected chi connectivity index (χ4v) is 5.25. The van der Waals surface area contributed by atoms with Gasteiger partial charge in [-0.3, -0.25) is 4.90 Å². The Hall–Kier alpha value is -0.810. The van der Waals surface area contributed by atoms with E-state index in [1.54, 1.807) is 0 Å². The van der Waals surface area contributed by atoms with Gasteiger partial charge in [0.1, 0.15) is 0 Å². The van der Waals surface area contributed by atoms with Crippen LogP contribution in [0, 0.1) is 5.41 Å². The molecule has 1 N–H and O–H groups in total. The van der Waals surface area contributed by atoms with Gasteiger partial charge in [0, 0.05) is 43.7 Å². The van der Waals surface area contributed by atoms with Crippen molar-refractivity contribution in [3.63, 3.8) is 0 Å². The standard InChI is InChI=1S/C19H33N3O2/c23-18(22-11-8-19(14-22)9-12-24-15-19)20-16-5-4-10-21(13-16)17-6-2-1-3-7-17/h16-17H,1-15H2,(H,20,23)/t16-,19-/m1/s1. The summed E-state index contributed by atoms with van der Waals surface area (Å²) in [6.07, 6.45) is 11.5. The maximum Gasteiger partial charge on any atom is 0.317 e. The molecule has 4 aliphatic rings. The molecule has 0 radical (unpaired) electrons. The molecule has 0 bridgehead atoms. The molecule has 2 atom stereocenters. The minimum Gasteiger partial charge on any atom is -0.381 e. The van der Waals surface area contributed by atoms with Gasteiger partial charge in [-0.15, -0.1) is 0 Å². The topological polar surface area (TPSA) is 44.8 Å². The quantitative estimate of drug-likeness (QED) is 0.844. The number of piperidine rings is 1. The molecule has 0 unspecified atom stereocenters. The van der Waals surface area contributed by atoms with Crippen molar-refractivity contribution in [1.29, 1.82) is 0 Å². The fraction of sp³-hybridized carbons (Fsp3) is 0.947. The molecule has 1 spiro atoms. The van der Waals surface area contributed by atoms with Gasteiger partial charge in [-0.2, -0.15) is 0 Å².